The fraction of sp³-hybridized carbons (Fsp3) is 0. The van der Waals surface area contributed by atoms with Crippen molar-refractivity contribution in [3.63, 3.8) is 0 Å². The second-order valence-electron chi connectivity index (χ2n) is 15.9. The molecule has 0 saturated heterocycles. The van der Waals surface area contributed by atoms with Crippen molar-refractivity contribution in [1.29, 1.82) is 0 Å². The molecular formula is C58H34SSe. The Kier molecular flexibility index (Phi) is 7.59. The third-order valence-electron chi connectivity index (χ3n) is 12.6. The molecule has 0 aliphatic rings. The van der Waals surface area contributed by atoms with Crippen LogP contribution in [0.3, 0.4) is 0 Å². The first-order valence-corrected chi connectivity index (χ1v) is 23.1. The number of rotatable bonds is 4. The van der Waals surface area contributed by atoms with Crippen LogP contribution in [0.25, 0.3) is 127 Å². The van der Waals surface area contributed by atoms with E-state index in [1.807, 2.05) is 11.3 Å². The van der Waals surface area contributed by atoms with Crippen molar-refractivity contribution in [2.75, 3.05) is 0 Å². The third-order valence-corrected chi connectivity index (χ3v) is 16.4. The van der Waals surface area contributed by atoms with Gasteiger partial charge in [0.1, 0.15) is 0 Å². The van der Waals surface area contributed by atoms with Crippen LogP contribution in [-0.4, -0.2) is 14.5 Å². The Bertz CT molecular complexity index is 3770. The second kappa shape index (κ2) is 13.4. The summed E-state index contributed by atoms with van der Waals surface area (Å²) in [5.74, 6) is 0. The van der Waals surface area contributed by atoms with E-state index in [2.05, 4.69) is 206 Å². The average molecular weight is 842 g/mol. The van der Waals surface area contributed by atoms with E-state index in [4.69, 9.17) is 0 Å². The van der Waals surface area contributed by atoms with Gasteiger partial charge in [-0.1, -0.05) is 18.2 Å². The topological polar surface area (TPSA) is 0 Å². The molecule has 0 radical (unpaired) electrons. The maximum absolute atomic E-state index is 2.50. The van der Waals surface area contributed by atoms with Gasteiger partial charge in [0.15, 0.2) is 0 Å². The quantitative estimate of drug-likeness (QED) is 0.122. The molecule has 278 valence electrons. The minimum absolute atomic E-state index is 0.151. The Morgan fingerprint density at radius 3 is 1.28 bits per heavy atom. The van der Waals surface area contributed by atoms with E-state index in [1.54, 1.807) is 0 Å². The van der Waals surface area contributed by atoms with E-state index < -0.39 is 0 Å². The summed E-state index contributed by atoms with van der Waals surface area (Å²) in [7, 11) is 0. The summed E-state index contributed by atoms with van der Waals surface area (Å²) in [6, 6.07) is 77.3. The van der Waals surface area contributed by atoms with Gasteiger partial charge in [-0.2, -0.15) is 0 Å². The predicted molar refractivity (Wildman–Crippen MR) is 263 cm³/mol. The molecule has 0 saturated carbocycles. The Morgan fingerprint density at radius 2 is 0.700 bits per heavy atom. The predicted octanol–water partition coefficient (Wildman–Crippen LogP) is 16.7. The van der Waals surface area contributed by atoms with Crippen molar-refractivity contribution in [1.82, 2.24) is 0 Å². The average Bonchev–Trinajstić information content (AvgIpc) is 3.88. The van der Waals surface area contributed by atoms with E-state index in [1.165, 1.54) is 127 Å². The minimum atomic E-state index is 0.151. The summed E-state index contributed by atoms with van der Waals surface area (Å²) in [6.45, 7) is 0. The Hall–Kier alpha value is -6.80. The fourth-order valence-electron chi connectivity index (χ4n) is 10.1. The first kappa shape index (κ1) is 34.1. The Morgan fingerprint density at radius 1 is 0.267 bits per heavy atom. The molecule has 13 aromatic rings. The molecule has 0 aliphatic carbocycles. The van der Waals surface area contributed by atoms with Crippen LogP contribution in [0, 0.1) is 0 Å². The number of benzene rings is 11. The SMILES string of the molecule is c1ccc(-c2c3ccccc3c(-c3cccc4c3[se]c3ccc(-c5c6ccccc6c(-c6ccc7sc8ccccc8c7c6)c6ccccc56)cc34)c3ccccc23)cc1. The number of thiophene rings is 1. The fourth-order valence-corrected chi connectivity index (χ4v) is 13.7. The zero-order valence-electron chi connectivity index (χ0n) is 32.4. The molecule has 60 heavy (non-hydrogen) atoms. The second-order valence-corrected chi connectivity index (χ2v) is 19.1. The van der Waals surface area contributed by atoms with Gasteiger partial charge in [0, 0.05) is 4.70 Å². The third kappa shape index (κ3) is 5.03. The molecule has 0 bridgehead atoms. The van der Waals surface area contributed by atoms with Crippen molar-refractivity contribution < 1.29 is 0 Å². The van der Waals surface area contributed by atoms with Crippen LogP contribution in [0.2, 0.25) is 0 Å². The van der Waals surface area contributed by atoms with Crippen molar-refractivity contribution in [3.05, 3.63) is 206 Å². The molecule has 0 amide bonds. The zero-order chi connectivity index (χ0) is 39.3. The normalized spacial score (nSPS) is 12.0. The molecule has 13 rings (SSSR count). The summed E-state index contributed by atoms with van der Waals surface area (Å²) in [4.78, 5) is 0. The summed E-state index contributed by atoms with van der Waals surface area (Å²) in [5.41, 5.74) is 10.4. The molecule has 0 unspecified atom stereocenters. The van der Waals surface area contributed by atoms with Gasteiger partial charge in [0.25, 0.3) is 0 Å². The van der Waals surface area contributed by atoms with Crippen LogP contribution in [0.5, 0.6) is 0 Å². The van der Waals surface area contributed by atoms with Crippen LogP contribution >= 0.6 is 11.3 Å². The van der Waals surface area contributed by atoms with Gasteiger partial charge in [-0.15, -0.1) is 11.3 Å². The van der Waals surface area contributed by atoms with Crippen LogP contribution in [-0.2, 0) is 0 Å². The van der Waals surface area contributed by atoms with Gasteiger partial charge in [0.2, 0.25) is 0 Å². The van der Waals surface area contributed by atoms with Gasteiger partial charge in [0.05, 0.1) is 0 Å². The molecule has 0 spiro atoms. The van der Waals surface area contributed by atoms with Crippen LogP contribution in [0.15, 0.2) is 206 Å². The molecule has 0 aliphatic heterocycles. The molecule has 2 aromatic heterocycles. The first-order valence-electron chi connectivity index (χ1n) is 20.6. The van der Waals surface area contributed by atoms with Gasteiger partial charge >= 0.3 is 319 Å². The van der Waals surface area contributed by atoms with Crippen molar-refractivity contribution in [2.24, 2.45) is 0 Å². The molecule has 2 heteroatoms. The molecule has 0 fully saturated rings. The Labute approximate surface area is 357 Å². The number of hydrogen-bond donors (Lipinski definition) is 0. The number of fused-ring (bicyclic) bond motifs is 10. The van der Waals surface area contributed by atoms with Crippen molar-refractivity contribution in [2.45, 2.75) is 0 Å². The molecule has 2 heterocycles. The molecular weight excluding hydrogens is 808 g/mol. The van der Waals surface area contributed by atoms with Crippen molar-refractivity contribution >= 4 is 108 Å². The summed E-state index contributed by atoms with van der Waals surface area (Å²) in [5, 5.41) is 15.8. The van der Waals surface area contributed by atoms with E-state index in [-0.39, 0.29) is 14.5 Å². The van der Waals surface area contributed by atoms with Crippen LogP contribution in [0.4, 0.5) is 0 Å². The van der Waals surface area contributed by atoms with Crippen LogP contribution in [0.1, 0.15) is 0 Å². The van der Waals surface area contributed by atoms with Crippen molar-refractivity contribution in [3.8, 4) is 44.5 Å². The summed E-state index contributed by atoms with van der Waals surface area (Å²) < 4.78 is 5.59. The summed E-state index contributed by atoms with van der Waals surface area (Å²) in [6.07, 6.45) is 0. The van der Waals surface area contributed by atoms with Gasteiger partial charge in [-0.25, -0.2) is 0 Å². The standard InChI is InChI=1S/C58H34SSe/c1-2-15-35(16-3-1)54-43-22-8-10-24-45(43)57(46-25-11-9-23-44(46)54)48-27-14-26-47-50-34-37(30-32-53(50)60-58(47)48)56-41-20-6-4-18-39(41)55(40-19-5-7-21-42(40)56)36-29-31-52-49(33-36)38-17-12-13-28-51(38)59-52/h1-34H. The molecule has 0 N–H and O–H groups in total. The van der Waals surface area contributed by atoms with Crippen LogP contribution < -0.4 is 0 Å². The van der Waals surface area contributed by atoms with E-state index >= 15 is 0 Å². The zero-order valence-corrected chi connectivity index (χ0v) is 35.0. The van der Waals surface area contributed by atoms with E-state index in [9.17, 15) is 0 Å². The van der Waals surface area contributed by atoms with E-state index in [0.29, 0.717) is 0 Å². The molecule has 11 aromatic carbocycles. The summed E-state index contributed by atoms with van der Waals surface area (Å²) >= 11 is 2.03. The van der Waals surface area contributed by atoms with E-state index in [0.717, 1.165) is 0 Å². The molecule has 0 atom stereocenters. The van der Waals surface area contributed by atoms with Gasteiger partial charge in [-0.3, -0.25) is 0 Å². The maximum atomic E-state index is 2.50. The molecule has 0 nitrogen and oxygen atoms in total. The number of hydrogen-bond acceptors (Lipinski definition) is 1. The monoisotopic (exact) mass is 842 g/mol. The van der Waals surface area contributed by atoms with Gasteiger partial charge < -0.3 is 0 Å². The van der Waals surface area contributed by atoms with Gasteiger partial charge in [-0.05, 0) is 6.07 Å². The first-order chi connectivity index (χ1) is 29.8. The Balaban J connectivity index is 1.04.